The summed E-state index contributed by atoms with van der Waals surface area (Å²) in [6.07, 6.45) is 1.65. The van der Waals surface area contributed by atoms with Crippen LogP contribution in [0.3, 0.4) is 0 Å². The Hall–Kier alpha value is -0.580. The highest BCUT2D eigenvalue weighted by Crippen LogP contribution is 2.10. The van der Waals surface area contributed by atoms with Crippen LogP contribution in [-0.2, 0) is 11.3 Å². The second-order valence-electron chi connectivity index (χ2n) is 3.74. The number of nitrogens with one attached hydrogen (secondary N) is 1. The van der Waals surface area contributed by atoms with Crippen molar-refractivity contribution < 1.29 is 4.79 Å². The van der Waals surface area contributed by atoms with Gasteiger partial charge in [0.15, 0.2) is 0 Å². The molecule has 0 aliphatic rings. The fourth-order valence-corrected chi connectivity index (χ4v) is 1.63. The van der Waals surface area contributed by atoms with Crippen LogP contribution in [0.1, 0.15) is 25.3 Å². The predicted octanol–water partition coefficient (Wildman–Crippen LogP) is 2.61. The van der Waals surface area contributed by atoms with Crippen LogP contribution in [0, 0.1) is 0 Å². The average molecular weight is 322 g/mol. The van der Waals surface area contributed by atoms with Gasteiger partial charge in [0.05, 0.1) is 6.04 Å². The zero-order chi connectivity index (χ0) is 12.0. The van der Waals surface area contributed by atoms with Gasteiger partial charge in [-0.15, -0.1) is 12.4 Å². The van der Waals surface area contributed by atoms with E-state index < -0.39 is 0 Å². The molecule has 1 amide bonds. The third-order valence-corrected chi connectivity index (χ3v) is 2.85. The summed E-state index contributed by atoms with van der Waals surface area (Å²) in [7, 11) is 0. The Morgan fingerprint density at radius 1 is 1.41 bits per heavy atom. The standard InChI is InChI=1S/C12H17BrN2O.ClH/c1-2-3-11(14)12(16)15-8-9-4-6-10(13)7-5-9;/h4-7,11H,2-3,8,14H2,1H3,(H,15,16);1H. The molecule has 1 aromatic carbocycles. The first-order chi connectivity index (χ1) is 7.63. The van der Waals surface area contributed by atoms with E-state index in [1.165, 1.54) is 0 Å². The zero-order valence-corrected chi connectivity index (χ0v) is 12.2. The molecule has 0 aromatic heterocycles. The molecule has 5 heteroatoms. The van der Waals surface area contributed by atoms with Gasteiger partial charge in [-0.2, -0.15) is 0 Å². The third kappa shape index (κ3) is 6.05. The van der Waals surface area contributed by atoms with Crippen LogP contribution < -0.4 is 11.1 Å². The van der Waals surface area contributed by atoms with Crippen LogP contribution in [-0.4, -0.2) is 11.9 Å². The molecule has 1 unspecified atom stereocenters. The summed E-state index contributed by atoms with van der Waals surface area (Å²) in [5, 5.41) is 2.82. The monoisotopic (exact) mass is 320 g/mol. The van der Waals surface area contributed by atoms with Crippen molar-refractivity contribution in [1.29, 1.82) is 0 Å². The molecule has 0 aliphatic carbocycles. The minimum Gasteiger partial charge on any atom is -0.351 e. The van der Waals surface area contributed by atoms with Crippen LogP contribution in [0.2, 0.25) is 0 Å². The van der Waals surface area contributed by atoms with E-state index in [2.05, 4.69) is 21.2 Å². The second kappa shape index (κ2) is 8.50. The Morgan fingerprint density at radius 2 is 2.00 bits per heavy atom. The highest BCUT2D eigenvalue weighted by atomic mass is 79.9. The summed E-state index contributed by atoms with van der Waals surface area (Å²) >= 11 is 3.36. The Labute approximate surface area is 117 Å². The molecule has 0 saturated heterocycles. The molecule has 1 rings (SSSR count). The summed E-state index contributed by atoms with van der Waals surface area (Å²) in [4.78, 5) is 11.5. The minimum atomic E-state index is -0.388. The second-order valence-corrected chi connectivity index (χ2v) is 4.66. The maximum Gasteiger partial charge on any atom is 0.237 e. The maximum absolute atomic E-state index is 11.5. The summed E-state index contributed by atoms with van der Waals surface area (Å²) in [5.41, 5.74) is 6.77. The van der Waals surface area contributed by atoms with Gasteiger partial charge in [-0.1, -0.05) is 41.4 Å². The quantitative estimate of drug-likeness (QED) is 0.876. The molecule has 0 fully saturated rings. The Balaban J connectivity index is 0.00000256. The number of rotatable bonds is 5. The van der Waals surface area contributed by atoms with E-state index in [1.807, 2.05) is 31.2 Å². The third-order valence-electron chi connectivity index (χ3n) is 2.32. The fraction of sp³-hybridized carbons (Fsp3) is 0.417. The average Bonchev–Trinajstić information content (AvgIpc) is 2.28. The molecule has 0 bridgehead atoms. The topological polar surface area (TPSA) is 55.1 Å². The Bertz CT molecular complexity index is 343. The number of halogens is 2. The van der Waals surface area contributed by atoms with Gasteiger partial charge in [0.1, 0.15) is 0 Å². The summed E-state index contributed by atoms with van der Waals surface area (Å²) in [5.74, 6) is -0.0789. The largest absolute Gasteiger partial charge is 0.351 e. The normalized spacial score (nSPS) is 11.5. The summed E-state index contributed by atoms with van der Waals surface area (Å²) < 4.78 is 1.03. The molecular formula is C12H18BrClN2O. The van der Waals surface area contributed by atoms with Crippen molar-refractivity contribution in [3.8, 4) is 0 Å². The first-order valence-corrected chi connectivity index (χ1v) is 6.20. The maximum atomic E-state index is 11.5. The van der Waals surface area contributed by atoms with E-state index in [0.29, 0.717) is 6.54 Å². The lowest BCUT2D eigenvalue weighted by atomic mass is 10.1. The van der Waals surface area contributed by atoms with Gasteiger partial charge in [0.25, 0.3) is 0 Å². The number of nitrogens with two attached hydrogens (primary N) is 1. The van der Waals surface area contributed by atoms with E-state index in [4.69, 9.17) is 5.73 Å². The van der Waals surface area contributed by atoms with Gasteiger partial charge < -0.3 is 11.1 Å². The molecule has 0 aliphatic heterocycles. The molecule has 96 valence electrons. The van der Waals surface area contributed by atoms with Crippen molar-refractivity contribution in [2.45, 2.75) is 32.4 Å². The number of hydrogen-bond acceptors (Lipinski definition) is 2. The summed E-state index contributed by atoms with van der Waals surface area (Å²) in [6, 6.07) is 7.45. The first-order valence-electron chi connectivity index (χ1n) is 5.41. The highest BCUT2D eigenvalue weighted by Gasteiger charge is 2.10. The lowest BCUT2D eigenvalue weighted by Crippen LogP contribution is -2.40. The van der Waals surface area contributed by atoms with E-state index in [0.717, 1.165) is 22.9 Å². The van der Waals surface area contributed by atoms with Gasteiger partial charge in [-0.25, -0.2) is 0 Å². The molecule has 3 N–H and O–H groups in total. The van der Waals surface area contributed by atoms with Crippen molar-refractivity contribution in [3.05, 3.63) is 34.3 Å². The highest BCUT2D eigenvalue weighted by molar-refractivity contribution is 9.10. The van der Waals surface area contributed by atoms with Crippen LogP contribution in [0.15, 0.2) is 28.7 Å². The van der Waals surface area contributed by atoms with E-state index in [1.54, 1.807) is 0 Å². The van der Waals surface area contributed by atoms with Crippen molar-refractivity contribution in [2.24, 2.45) is 5.73 Å². The zero-order valence-electron chi connectivity index (χ0n) is 9.78. The molecule has 0 spiro atoms. The molecule has 0 saturated carbocycles. The van der Waals surface area contributed by atoms with E-state index >= 15 is 0 Å². The van der Waals surface area contributed by atoms with Crippen molar-refractivity contribution in [2.75, 3.05) is 0 Å². The van der Waals surface area contributed by atoms with Crippen molar-refractivity contribution in [3.63, 3.8) is 0 Å². The van der Waals surface area contributed by atoms with Gasteiger partial charge in [0, 0.05) is 11.0 Å². The number of amides is 1. The van der Waals surface area contributed by atoms with Crippen LogP contribution in [0.25, 0.3) is 0 Å². The number of hydrogen-bond donors (Lipinski definition) is 2. The molecule has 0 radical (unpaired) electrons. The number of benzene rings is 1. The molecule has 3 nitrogen and oxygen atoms in total. The van der Waals surface area contributed by atoms with Crippen LogP contribution >= 0.6 is 28.3 Å². The smallest absolute Gasteiger partial charge is 0.237 e. The summed E-state index contributed by atoms with van der Waals surface area (Å²) in [6.45, 7) is 2.55. The lowest BCUT2D eigenvalue weighted by molar-refractivity contribution is -0.122. The van der Waals surface area contributed by atoms with Crippen LogP contribution in [0.5, 0.6) is 0 Å². The van der Waals surface area contributed by atoms with Crippen molar-refractivity contribution in [1.82, 2.24) is 5.32 Å². The van der Waals surface area contributed by atoms with Gasteiger partial charge >= 0.3 is 0 Å². The van der Waals surface area contributed by atoms with E-state index in [9.17, 15) is 4.79 Å². The number of carbonyl (C=O) groups excluding carboxylic acids is 1. The molecule has 0 heterocycles. The molecular weight excluding hydrogens is 304 g/mol. The first kappa shape index (κ1) is 16.4. The lowest BCUT2D eigenvalue weighted by Gasteiger charge is -2.11. The Morgan fingerprint density at radius 3 is 2.53 bits per heavy atom. The SMILES string of the molecule is CCCC(N)C(=O)NCc1ccc(Br)cc1.Cl. The van der Waals surface area contributed by atoms with Crippen molar-refractivity contribution >= 4 is 34.2 Å². The van der Waals surface area contributed by atoms with Gasteiger partial charge in [0.2, 0.25) is 5.91 Å². The molecule has 17 heavy (non-hydrogen) atoms. The fourth-order valence-electron chi connectivity index (χ4n) is 1.36. The Kier molecular flexibility index (Phi) is 8.21. The van der Waals surface area contributed by atoms with Gasteiger partial charge in [-0.05, 0) is 24.1 Å². The van der Waals surface area contributed by atoms with Crippen LogP contribution in [0.4, 0.5) is 0 Å². The van der Waals surface area contributed by atoms with Gasteiger partial charge in [-0.3, -0.25) is 4.79 Å². The number of carbonyl (C=O) groups is 1. The molecule has 1 atom stereocenters. The minimum absolute atomic E-state index is 0. The van der Waals surface area contributed by atoms with E-state index in [-0.39, 0.29) is 24.4 Å². The predicted molar refractivity (Wildman–Crippen MR) is 76.1 cm³/mol. The molecule has 1 aromatic rings.